The summed E-state index contributed by atoms with van der Waals surface area (Å²) in [5.41, 5.74) is 1.27. The Balaban J connectivity index is 1.72. The minimum absolute atomic E-state index is 0.0189. The molecular weight excluding hydrogens is 847 g/mol. The Kier molecular flexibility index (Phi) is 21.6. The number of piperidine rings is 1. The van der Waals surface area contributed by atoms with Gasteiger partial charge in [-0.3, -0.25) is 19.2 Å². The third-order valence-corrected chi connectivity index (χ3v) is 14.8. The molecule has 4 aliphatic rings. The molecule has 3 N–H and O–H groups in total. The molecule has 2 saturated heterocycles. The highest BCUT2D eigenvalue weighted by atomic mass is 16.6. The predicted octanol–water partition coefficient (Wildman–Crippen LogP) is 6.57. The Labute approximate surface area is 393 Å². The molecule has 66 heavy (non-hydrogen) atoms. The van der Waals surface area contributed by atoms with Crippen LogP contribution in [0.1, 0.15) is 132 Å². The van der Waals surface area contributed by atoms with Crippen molar-refractivity contribution in [2.75, 3.05) is 27.9 Å². The zero-order chi connectivity index (χ0) is 48.9. The van der Waals surface area contributed by atoms with Crippen LogP contribution in [0.5, 0.6) is 0 Å². The molecule has 372 valence electrons. The van der Waals surface area contributed by atoms with Gasteiger partial charge < -0.3 is 43.9 Å². The molecule has 15 atom stereocenters. The molecule has 14 nitrogen and oxygen atoms in total. The van der Waals surface area contributed by atoms with Crippen LogP contribution in [-0.4, -0.2) is 132 Å². The van der Waals surface area contributed by atoms with Crippen molar-refractivity contribution in [2.24, 2.45) is 35.5 Å². The van der Waals surface area contributed by atoms with E-state index in [2.05, 4.69) is 0 Å². The lowest BCUT2D eigenvalue weighted by Crippen LogP contribution is -2.61. The highest BCUT2D eigenvalue weighted by molar-refractivity contribution is 6.39. The maximum Gasteiger partial charge on any atom is 0.329 e. The lowest BCUT2D eigenvalue weighted by atomic mass is 9.78. The Hall–Kier alpha value is -3.37. The van der Waals surface area contributed by atoms with E-state index in [1.165, 1.54) is 12.0 Å². The van der Waals surface area contributed by atoms with Crippen LogP contribution in [-0.2, 0) is 47.7 Å². The number of aliphatic hydroxyl groups excluding tert-OH is 2. The maximum atomic E-state index is 14.4. The number of Topliss-reactive ketones (excluding diaryl/α,β-unsaturated/α-hetero) is 3. The second kappa shape index (κ2) is 25.8. The van der Waals surface area contributed by atoms with Crippen LogP contribution in [0.15, 0.2) is 47.6 Å². The van der Waals surface area contributed by atoms with Gasteiger partial charge in [0, 0.05) is 58.5 Å². The maximum absolute atomic E-state index is 14.4. The zero-order valence-electron chi connectivity index (χ0n) is 41.3. The van der Waals surface area contributed by atoms with Gasteiger partial charge in [0.2, 0.25) is 5.79 Å². The molecule has 4 rings (SSSR count). The molecule has 0 unspecified atom stereocenters. The third-order valence-electron chi connectivity index (χ3n) is 14.8. The van der Waals surface area contributed by atoms with Crippen LogP contribution < -0.4 is 0 Å². The second-order valence-corrected chi connectivity index (χ2v) is 19.8. The van der Waals surface area contributed by atoms with E-state index in [0.717, 1.165) is 12.0 Å². The summed E-state index contributed by atoms with van der Waals surface area (Å²) in [6.07, 6.45) is 11.6. The Bertz CT molecular complexity index is 1770. The van der Waals surface area contributed by atoms with Crippen LogP contribution in [0.2, 0.25) is 0 Å². The van der Waals surface area contributed by atoms with E-state index in [4.69, 9.17) is 23.7 Å². The van der Waals surface area contributed by atoms with Crippen LogP contribution in [0.25, 0.3) is 0 Å². The van der Waals surface area contributed by atoms with Crippen molar-refractivity contribution >= 4 is 29.2 Å². The van der Waals surface area contributed by atoms with E-state index in [0.29, 0.717) is 69.8 Å². The number of rotatable bonds is 7. The quantitative estimate of drug-likeness (QED) is 0.141. The molecule has 3 aliphatic heterocycles. The largest absolute Gasteiger partial charge is 0.460 e. The molecular formula is C52H81NO13. The molecule has 0 aromatic carbocycles. The highest BCUT2D eigenvalue weighted by Gasteiger charge is 2.54. The normalized spacial score (nSPS) is 40.0. The summed E-state index contributed by atoms with van der Waals surface area (Å²) < 4.78 is 29.5. The molecule has 0 aromatic rings. The minimum Gasteiger partial charge on any atom is -0.460 e. The highest BCUT2D eigenvalue weighted by Crippen LogP contribution is 2.39. The summed E-state index contributed by atoms with van der Waals surface area (Å²) in [6, 6.07) is -1.14. The molecule has 14 heteroatoms. The smallest absolute Gasteiger partial charge is 0.329 e. The lowest BCUT2D eigenvalue weighted by Gasteiger charge is -2.43. The fourth-order valence-electron chi connectivity index (χ4n) is 10.5. The van der Waals surface area contributed by atoms with Crippen molar-refractivity contribution in [3.05, 3.63) is 47.6 Å². The van der Waals surface area contributed by atoms with Gasteiger partial charge in [-0.25, -0.2) is 4.79 Å². The summed E-state index contributed by atoms with van der Waals surface area (Å²) in [4.78, 5) is 72.2. The summed E-state index contributed by atoms with van der Waals surface area (Å²) in [5.74, 6) is -7.87. The number of nitrogens with zero attached hydrogens (tertiary/aromatic N) is 1. The molecule has 1 saturated carbocycles. The average Bonchev–Trinajstić information content (AvgIpc) is 3.29. The monoisotopic (exact) mass is 928 g/mol. The molecule has 3 heterocycles. The topological polar surface area (TPSA) is 195 Å². The summed E-state index contributed by atoms with van der Waals surface area (Å²) >= 11 is 0. The summed E-state index contributed by atoms with van der Waals surface area (Å²) in [6.45, 7) is 12.9. The number of cyclic esters (lactones) is 1. The summed E-state index contributed by atoms with van der Waals surface area (Å²) in [7, 11) is 4.53. The fourth-order valence-corrected chi connectivity index (χ4v) is 10.5. The number of ketones is 3. The third kappa shape index (κ3) is 14.3. The molecule has 1 amide bonds. The van der Waals surface area contributed by atoms with Crippen molar-refractivity contribution in [3.63, 3.8) is 0 Å². The van der Waals surface area contributed by atoms with Crippen molar-refractivity contribution < 1.29 is 63.0 Å². The van der Waals surface area contributed by atoms with E-state index in [-0.39, 0.29) is 54.8 Å². The SMILES string of the molecule is CC[C@@H]1CC[C@H]2C[C@H](OC)/C(C)=C/C=C/C=C/[C@@H](C)C[C@@H](C)C(=O)[C@H](OC)[C@H](O)/C(C)=C/[C@@H](C)C(=O)C[C@@H]([C@H](C)C[C@@H]3CC[C@@H](O)[C@H](OC)C3)OC(=O)[C@@H]3CCCCN3C(=O)C(=O)[C@]1(O)O2. The van der Waals surface area contributed by atoms with Crippen molar-refractivity contribution in [1.82, 2.24) is 4.90 Å². The second-order valence-electron chi connectivity index (χ2n) is 19.8. The van der Waals surface area contributed by atoms with Gasteiger partial charge in [-0.2, -0.15) is 0 Å². The minimum atomic E-state index is -2.42. The number of hydrogen-bond acceptors (Lipinski definition) is 13. The van der Waals surface area contributed by atoms with Gasteiger partial charge in [-0.15, -0.1) is 0 Å². The number of carbonyl (C=O) groups excluding carboxylic acids is 5. The molecule has 3 fully saturated rings. The average molecular weight is 928 g/mol. The number of methoxy groups -OCH3 is 3. The number of allylic oxidation sites excluding steroid dienone is 6. The van der Waals surface area contributed by atoms with Gasteiger partial charge >= 0.3 is 5.97 Å². The summed E-state index contributed by atoms with van der Waals surface area (Å²) in [5, 5.41) is 34.1. The predicted molar refractivity (Wildman–Crippen MR) is 250 cm³/mol. The number of ether oxygens (including phenoxy) is 5. The number of carbonyl (C=O) groups is 5. The van der Waals surface area contributed by atoms with Crippen LogP contribution in [0.3, 0.4) is 0 Å². The van der Waals surface area contributed by atoms with Crippen LogP contribution in [0.4, 0.5) is 0 Å². The first-order valence-electron chi connectivity index (χ1n) is 24.5. The number of amides is 1. The number of hydrogen-bond donors (Lipinski definition) is 3. The molecule has 1 aliphatic carbocycles. The lowest BCUT2D eigenvalue weighted by molar-refractivity contribution is -0.269. The Morgan fingerprint density at radius 2 is 1.59 bits per heavy atom. The fraction of sp³-hybridized carbons (Fsp3) is 0.750. The van der Waals surface area contributed by atoms with Crippen molar-refractivity contribution in [2.45, 2.75) is 186 Å². The first-order valence-corrected chi connectivity index (χ1v) is 24.5. The molecule has 0 aromatic heterocycles. The Morgan fingerprint density at radius 3 is 2.26 bits per heavy atom. The van der Waals surface area contributed by atoms with Crippen molar-refractivity contribution in [1.29, 1.82) is 0 Å². The molecule has 2 bridgehead atoms. The van der Waals surface area contributed by atoms with Gasteiger partial charge in [0.1, 0.15) is 30.1 Å². The molecule has 0 spiro atoms. The first-order chi connectivity index (χ1) is 31.3. The zero-order valence-corrected chi connectivity index (χ0v) is 41.3. The van der Waals surface area contributed by atoms with Crippen molar-refractivity contribution in [3.8, 4) is 0 Å². The van der Waals surface area contributed by atoms with E-state index >= 15 is 0 Å². The van der Waals surface area contributed by atoms with E-state index in [1.54, 1.807) is 34.1 Å². The number of aliphatic hydroxyl groups is 3. The van der Waals surface area contributed by atoms with Gasteiger partial charge in [-0.05, 0) is 113 Å². The van der Waals surface area contributed by atoms with Gasteiger partial charge in [-0.1, -0.05) is 71.1 Å². The van der Waals surface area contributed by atoms with E-state index < -0.39 is 83.9 Å². The van der Waals surface area contributed by atoms with Crippen LogP contribution >= 0.6 is 0 Å². The van der Waals surface area contributed by atoms with E-state index in [9.17, 15) is 39.3 Å². The number of fused-ring (bicyclic) bond motifs is 3. The standard InChI is InChI=1S/C52H81NO13/c1-11-38-21-22-39-29-43(62-8)32(3)18-14-12-13-17-31(2)25-35(6)46(56)48(64-10)47(57)36(7)26-33(4)42(55)30-44(34(5)27-37-20-23-41(54)45(28-37)63-9)65-51(60)40-19-15-16-24-53(40)50(59)49(58)52(38,61)66-39/h12-14,17-18,26,31,33-35,37-41,43-45,47-48,54,57,61H,11,15-16,19-25,27-30H2,1-10H3/b14-12+,17-13+,32-18+,36-26+/t31-,33-,34-,35-,37+,38-,39+,40+,41-,43+,44+,45-,47-,48+,52-/m1/s1. The van der Waals surface area contributed by atoms with Crippen LogP contribution in [0, 0.1) is 35.5 Å². The van der Waals surface area contributed by atoms with Gasteiger partial charge in [0.05, 0.1) is 24.4 Å². The Morgan fingerprint density at radius 1 is 0.864 bits per heavy atom. The van der Waals surface area contributed by atoms with Gasteiger partial charge in [0.15, 0.2) is 5.78 Å². The first kappa shape index (κ1) is 55.2. The van der Waals surface area contributed by atoms with E-state index in [1.807, 2.05) is 65.0 Å². The van der Waals surface area contributed by atoms with Gasteiger partial charge in [0.25, 0.3) is 11.7 Å². The molecule has 0 radical (unpaired) electrons. The number of esters is 1.